The van der Waals surface area contributed by atoms with Crippen LogP contribution in [0.1, 0.15) is 12.5 Å². The fourth-order valence-electron chi connectivity index (χ4n) is 2.29. The fourth-order valence-corrected chi connectivity index (χ4v) is 2.29. The van der Waals surface area contributed by atoms with Gasteiger partial charge < -0.3 is 14.8 Å². The molecule has 1 heterocycles. The quantitative estimate of drug-likeness (QED) is 0.808. The lowest BCUT2D eigenvalue weighted by Gasteiger charge is -2.15. The Bertz CT molecular complexity index is 540. The molecule has 1 aromatic carbocycles. The maximum Gasteiger partial charge on any atom is 0.160 e. The summed E-state index contributed by atoms with van der Waals surface area (Å²) in [6.07, 6.45) is 4.72. The lowest BCUT2D eigenvalue weighted by Crippen LogP contribution is -2.31. The van der Waals surface area contributed by atoms with E-state index < -0.39 is 0 Å². The van der Waals surface area contributed by atoms with E-state index in [1.165, 1.54) is 5.56 Å². The first kappa shape index (κ1) is 15.4. The molecule has 0 spiro atoms. The van der Waals surface area contributed by atoms with E-state index in [0.717, 1.165) is 31.0 Å². The van der Waals surface area contributed by atoms with Crippen molar-refractivity contribution in [2.24, 2.45) is 0 Å². The standard InChI is InChI=1S/C16H23N3O2/c1-13(17-8-10-19-9-4-7-18-19)11-14-5-6-15(20-2)16(12-14)21-3/h4-7,9,12-13,17H,8,10-11H2,1-3H3. The van der Waals surface area contributed by atoms with Crippen molar-refractivity contribution in [2.75, 3.05) is 20.8 Å². The highest BCUT2D eigenvalue weighted by Crippen LogP contribution is 2.27. The number of ether oxygens (including phenoxy) is 2. The van der Waals surface area contributed by atoms with Gasteiger partial charge in [0, 0.05) is 25.0 Å². The van der Waals surface area contributed by atoms with E-state index >= 15 is 0 Å². The van der Waals surface area contributed by atoms with Crippen molar-refractivity contribution in [1.82, 2.24) is 15.1 Å². The van der Waals surface area contributed by atoms with Crippen LogP contribution in [0.5, 0.6) is 11.5 Å². The minimum atomic E-state index is 0.388. The minimum Gasteiger partial charge on any atom is -0.493 e. The summed E-state index contributed by atoms with van der Waals surface area (Å²) >= 11 is 0. The Morgan fingerprint density at radius 1 is 1.24 bits per heavy atom. The Kier molecular flexibility index (Phi) is 5.63. The van der Waals surface area contributed by atoms with E-state index in [2.05, 4.69) is 23.4 Å². The third-order valence-corrected chi connectivity index (χ3v) is 3.38. The highest BCUT2D eigenvalue weighted by molar-refractivity contribution is 5.43. The molecule has 21 heavy (non-hydrogen) atoms. The van der Waals surface area contributed by atoms with E-state index in [4.69, 9.17) is 9.47 Å². The molecular formula is C16H23N3O2. The molecule has 5 nitrogen and oxygen atoms in total. The highest BCUT2D eigenvalue weighted by atomic mass is 16.5. The summed E-state index contributed by atoms with van der Waals surface area (Å²) < 4.78 is 12.5. The number of rotatable bonds is 8. The van der Waals surface area contributed by atoms with Gasteiger partial charge in [0.2, 0.25) is 0 Å². The number of methoxy groups -OCH3 is 2. The molecule has 0 saturated heterocycles. The largest absolute Gasteiger partial charge is 0.493 e. The topological polar surface area (TPSA) is 48.3 Å². The summed E-state index contributed by atoms with van der Waals surface area (Å²) in [7, 11) is 3.31. The van der Waals surface area contributed by atoms with E-state index in [1.54, 1.807) is 20.4 Å². The molecular weight excluding hydrogens is 266 g/mol. The van der Waals surface area contributed by atoms with Gasteiger partial charge in [0.05, 0.1) is 20.8 Å². The normalized spacial score (nSPS) is 12.1. The molecule has 1 unspecified atom stereocenters. The summed E-state index contributed by atoms with van der Waals surface area (Å²) in [5.41, 5.74) is 1.23. The number of aromatic nitrogens is 2. The van der Waals surface area contributed by atoms with Crippen LogP contribution in [0, 0.1) is 0 Å². The number of hydrogen-bond donors (Lipinski definition) is 1. The Hall–Kier alpha value is -2.01. The van der Waals surface area contributed by atoms with Gasteiger partial charge in [-0.25, -0.2) is 0 Å². The maximum absolute atomic E-state index is 5.33. The number of hydrogen-bond acceptors (Lipinski definition) is 4. The van der Waals surface area contributed by atoms with Crippen molar-refractivity contribution in [3.8, 4) is 11.5 Å². The summed E-state index contributed by atoms with van der Waals surface area (Å²) in [4.78, 5) is 0. The molecule has 1 N–H and O–H groups in total. The molecule has 2 rings (SSSR count). The van der Waals surface area contributed by atoms with Crippen molar-refractivity contribution < 1.29 is 9.47 Å². The molecule has 0 fully saturated rings. The molecule has 0 radical (unpaired) electrons. The van der Waals surface area contributed by atoms with E-state index in [0.29, 0.717) is 6.04 Å². The minimum absolute atomic E-state index is 0.388. The average molecular weight is 289 g/mol. The first-order valence-electron chi connectivity index (χ1n) is 7.14. The van der Waals surface area contributed by atoms with Crippen LogP contribution in [-0.4, -0.2) is 36.6 Å². The van der Waals surface area contributed by atoms with Crippen molar-refractivity contribution in [1.29, 1.82) is 0 Å². The molecule has 0 amide bonds. The molecule has 1 aromatic heterocycles. The SMILES string of the molecule is COc1ccc(CC(C)NCCn2cccn2)cc1OC. The summed E-state index contributed by atoms with van der Waals surface area (Å²) in [5, 5.41) is 7.69. The summed E-state index contributed by atoms with van der Waals surface area (Å²) in [6.45, 7) is 3.96. The smallest absolute Gasteiger partial charge is 0.160 e. The second kappa shape index (κ2) is 7.69. The highest BCUT2D eigenvalue weighted by Gasteiger charge is 2.07. The lowest BCUT2D eigenvalue weighted by molar-refractivity contribution is 0.354. The third kappa shape index (κ3) is 4.49. The van der Waals surface area contributed by atoms with Gasteiger partial charge in [-0.2, -0.15) is 5.10 Å². The van der Waals surface area contributed by atoms with E-state index in [-0.39, 0.29) is 0 Å². The third-order valence-electron chi connectivity index (χ3n) is 3.38. The molecule has 0 saturated carbocycles. The van der Waals surface area contributed by atoms with Crippen LogP contribution in [-0.2, 0) is 13.0 Å². The second-order valence-electron chi connectivity index (χ2n) is 5.02. The number of nitrogens with one attached hydrogen (secondary N) is 1. The Balaban J connectivity index is 1.83. The Labute approximate surface area is 125 Å². The predicted octanol–water partition coefficient (Wildman–Crippen LogP) is 2.12. The van der Waals surface area contributed by atoms with E-state index in [1.807, 2.05) is 29.1 Å². The van der Waals surface area contributed by atoms with Crippen molar-refractivity contribution >= 4 is 0 Å². The second-order valence-corrected chi connectivity index (χ2v) is 5.02. The van der Waals surface area contributed by atoms with Gasteiger partial charge in [-0.05, 0) is 37.1 Å². The van der Waals surface area contributed by atoms with E-state index in [9.17, 15) is 0 Å². The predicted molar refractivity (Wildman–Crippen MR) is 82.9 cm³/mol. The first-order valence-corrected chi connectivity index (χ1v) is 7.14. The van der Waals surface area contributed by atoms with Gasteiger partial charge >= 0.3 is 0 Å². The zero-order valence-corrected chi connectivity index (χ0v) is 12.9. The monoisotopic (exact) mass is 289 g/mol. The molecule has 0 bridgehead atoms. The number of benzene rings is 1. The molecule has 0 aliphatic rings. The van der Waals surface area contributed by atoms with Crippen molar-refractivity contribution in [3.05, 3.63) is 42.2 Å². The zero-order chi connectivity index (χ0) is 15.1. The Morgan fingerprint density at radius 3 is 2.71 bits per heavy atom. The van der Waals surface area contributed by atoms with Crippen LogP contribution in [0.2, 0.25) is 0 Å². The van der Waals surface area contributed by atoms with Crippen LogP contribution in [0.3, 0.4) is 0 Å². The van der Waals surface area contributed by atoms with Crippen molar-refractivity contribution in [3.63, 3.8) is 0 Å². The molecule has 0 aliphatic heterocycles. The molecule has 1 atom stereocenters. The van der Waals surface area contributed by atoms with Gasteiger partial charge in [0.15, 0.2) is 11.5 Å². The average Bonchev–Trinajstić information content (AvgIpc) is 3.00. The molecule has 5 heteroatoms. The lowest BCUT2D eigenvalue weighted by atomic mass is 10.1. The van der Waals surface area contributed by atoms with Gasteiger partial charge in [-0.1, -0.05) is 6.07 Å². The van der Waals surface area contributed by atoms with Crippen LogP contribution in [0.25, 0.3) is 0 Å². The molecule has 114 valence electrons. The molecule has 0 aliphatic carbocycles. The number of nitrogens with zero attached hydrogens (tertiary/aromatic N) is 2. The maximum atomic E-state index is 5.33. The van der Waals surface area contributed by atoms with Crippen LogP contribution in [0.15, 0.2) is 36.7 Å². The zero-order valence-electron chi connectivity index (χ0n) is 12.9. The van der Waals surface area contributed by atoms with Gasteiger partial charge in [0.1, 0.15) is 0 Å². The van der Waals surface area contributed by atoms with Crippen LogP contribution in [0.4, 0.5) is 0 Å². The Morgan fingerprint density at radius 2 is 2.05 bits per heavy atom. The molecule has 2 aromatic rings. The van der Waals surface area contributed by atoms with Crippen molar-refractivity contribution in [2.45, 2.75) is 25.9 Å². The van der Waals surface area contributed by atoms with Gasteiger partial charge in [-0.15, -0.1) is 0 Å². The summed E-state index contributed by atoms with van der Waals surface area (Å²) in [6, 6.07) is 8.38. The van der Waals surface area contributed by atoms with Crippen LogP contribution < -0.4 is 14.8 Å². The fraction of sp³-hybridized carbons (Fsp3) is 0.438. The van der Waals surface area contributed by atoms with Gasteiger partial charge in [0.25, 0.3) is 0 Å². The summed E-state index contributed by atoms with van der Waals surface area (Å²) in [5.74, 6) is 1.54. The first-order chi connectivity index (χ1) is 10.2. The van der Waals surface area contributed by atoms with Gasteiger partial charge in [-0.3, -0.25) is 4.68 Å². The van der Waals surface area contributed by atoms with Crippen LogP contribution >= 0.6 is 0 Å².